The summed E-state index contributed by atoms with van der Waals surface area (Å²) in [5.41, 5.74) is 0.175. The largest absolute Gasteiger partial charge is 0.478 e. The average molecular weight is 371 g/mol. The molecule has 1 amide bonds. The van der Waals surface area contributed by atoms with Gasteiger partial charge in [0.15, 0.2) is 5.69 Å². The number of carbonyl (C=O) groups excluding carboxylic acids is 1. The molecule has 0 aliphatic rings. The summed E-state index contributed by atoms with van der Waals surface area (Å²) in [7, 11) is 0. The second-order valence-electron chi connectivity index (χ2n) is 4.47. The lowest BCUT2D eigenvalue weighted by molar-refractivity contribution is 0.0950. The van der Waals surface area contributed by atoms with Crippen LogP contribution in [0.5, 0.6) is 5.88 Å². The minimum atomic E-state index is -0.312. The van der Waals surface area contributed by atoms with E-state index in [0.717, 1.165) is 10.6 Å². The van der Waals surface area contributed by atoms with Crippen LogP contribution in [-0.2, 0) is 0 Å². The van der Waals surface area contributed by atoms with E-state index in [1.54, 1.807) is 23.9 Å². The minimum absolute atomic E-state index is 0.175. The molecule has 0 saturated carbocycles. The van der Waals surface area contributed by atoms with Crippen molar-refractivity contribution in [3.05, 3.63) is 52.1 Å². The second kappa shape index (κ2) is 9.01. The van der Waals surface area contributed by atoms with Gasteiger partial charge in [-0.3, -0.25) is 4.79 Å². The zero-order valence-electron chi connectivity index (χ0n) is 12.5. The van der Waals surface area contributed by atoms with Gasteiger partial charge >= 0.3 is 0 Å². The molecule has 0 fully saturated rings. The van der Waals surface area contributed by atoms with Crippen LogP contribution in [0.1, 0.15) is 17.4 Å². The Balaban J connectivity index is 1.84. The number of nitrogens with one attached hydrogen (secondary N) is 1. The molecular weight excluding hydrogens is 355 g/mol. The van der Waals surface area contributed by atoms with Gasteiger partial charge in [-0.15, -0.1) is 11.8 Å². The van der Waals surface area contributed by atoms with Crippen molar-refractivity contribution in [2.75, 3.05) is 18.9 Å². The molecule has 2 rings (SSSR count). The number of carbonyl (C=O) groups is 1. The molecule has 23 heavy (non-hydrogen) atoms. The highest BCUT2D eigenvalue weighted by Gasteiger charge is 2.13. The molecule has 1 aromatic carbocycles. The fourth-order valence-corrected chi connectivity index (χ4v) is 2.85. The minimum Gasteiger partial charge on any atom is -0.478 e. The highest BCUT2D eigenvalue weighted by molar-refractivity contribution is 7.99. The Morgan fingerprint density at radius 1 is 1.22 bits per heavy atom. The highest BCUT2D eigenvalue weighted by Crippen LogP contribution is 2.20. The molecule has 0 unspecified atom stereocenters. The fourth-order valence-electron chi connectivity index (χ4n) is 1.76. The maximum absolute atomic E-state index is 12.1. The lowest BCUT2D eigenvalue weighted by Crippen LogP contribution is -2.27. The summed E-state index contributed by atoms with van der Waals surface area (Å²) < 4.78 is 5.28. The average Bonchev–Trinajstić information content (AvgIpc) is 2.55. The molecule has 0 aliphatic carbocycles. The quantitative estimate of drug-likeness (QED) is 0.582. The topological polar surface area (TPSA) is 51.2 Å². The molecule has 0 spiro atoms. The normalized spacial score (nSPS) is 10.4. The number of hydrogen-bond acceptors (Lipinski definition) is 4. The number of nitrogens with zero attached hydrogens (tertiary/aromatic N) is 1. The Labute approximate surface area is 149 Å². The monoisotopic (exact) mass is 370 g/mol. The Bertz CT molecular complexity index is 666. The third-order valence-electron chi connectivity index (χ3n) is 2.80. The van der Waals surface area contributed by atoms with Gasteiger partial charge in [0.25, 0.3) is 5.91 Å². The van der Waals surface area contributed by atoms with Gasteiger partial charge in [0.05, 0.1) is 11.6 Å². The van der Waals surface area contributed by atoms with Crippen molar-refractivity contribution in [2.24, 2.45) is 0 Å². The van der Waals surface area contributed by atoms with E-state index in [1.165, 1.54) is 0 Å². The van der Waals surface area contributed by atoms with Crippen molar-refractivity contribution in [1.29, 1.82) is 0 Å². The molecule has 7 heteroatoms. The number of hydrogen-bond donors (Lipinski definition) is 1. The van der Waals surface area contributed by atoms with Gasteiger partial charge in [0, 0.05) is 28.3 Å². The summed E-state index contributed by atoms with van der Waals surface area (Å²) in [5, 5.41) is 3.81. The van der Waals surface area contributed by atoms with Crippen LogP contribution in [0.4, 0.5) is 0 Å². The third kappa shape index (κ3) is 5.61. The molecule has 122 valence electrons. The van der Waals surface area contributed by atoms with Crippen LogP contribution < -0.4 is 10.1 Å². The lowest BCUT2D eigenvalue weighted by atomic mass is 10.3. The van der Waals surface area contributed by atoms with Gasteiger partial charge in [-0.05, 0) is 37.3 Å². The first-order chi connectivity index (χ1) is 11.1. The standard InChI is InChI=1S/C16H16Cl2N2O2S/c1-2-22-14-8-7-13(18)15(20-14)16(21)19-9-10-23-12-5-3-11(17)4-6-12/h3-8H,2,9-10H2,1H3,(H,19,21). The number of pyridine rings is 1. The van der Waals surface area contributed by atoms with E-state index < -0.39 is 0 Å². The van der Waals surface area contributed by atoms with Crippen molar-refractivity contribution in [1.82, 2.24) is 10.3 Å². The van der Waals surface area contributed by atoms with E-state index in [9.17, 15) is 4.79 Å². The molecule has 1 N–H and O–H groups in total. The SMILES string of the molecule is CCOc1ccc(Cl)c(C(=O)NCCSc2ccc(Cl)cc2)n1. The summed E-state index contributed by atoms with van der Waals surface area (Å²) in [6, 6.07) is 10.8. The maximum Gasteiger partial charge on any atom is 0.271 e. The number of ether oxygens (including phenoxy) is 1. The van der Waals surface area contributed by atoms with E-state index in [2.05, 4.69) is 10.3 Å². The summed E-state index contributed by atoms with van der Waals surface area (Å²) >= 11 is 13.5. The molecule has 0 saturated heterocycles. The van der Waals surface area contributed by atoms with Crippen LogP contribution in [0.15, 0.2) is 41.3 Å². The van der Waals surface area contributed by atoms with Gasteiger partial charge in [-0.25, -0.2) is 4.98 Å². The van der Waals surface area contributed by atoms with Gasteiger partial charge in [-0.2, -0.15) is 0 Å². The molecule has 4 nitrogen and oxygen atoms in total. The maximum atomic E-state index is 12.1. The number of amides is 1. The van der Waals surface area contributed by atoms with Crippen LogP contribution in [0.2, 0.25) is 10.0 Å². The molecule has 0 bridgehead atoms. The summed E-state index contributed by atoms with van der Waals surface area (Å²) in [5.74, 6) is 0.807. The smallest absolute Gasteiger partial charge is 0.271 e. The predicted molar refractivity (Wildman–Crippen MR) is 94.9 cm³/mol. The Kier molecular flexibility index (Phi) is 7.02. The van der Waals surface area contributed by atoms with E-state index >= 15 is 0 Å². The highest BCUT2D eigenvalue weighted by atomic mass is 35.5. The fraction of sp³-hybridized carbons (Fsp3) is 0.250. The van der Waals surface area contributed by atoms with Crippen LogP contribution in [0.25, 0.3) is 0 Å². The van der Waals surface area contributed by atoms with Crippen LogP contribution >= 0.6 is 35.0 Å². The molecular formula is C16H16Cl2N2O2S. The Hall–Kier alpha value is -1.43. The first-order valence-electron chi connectivity index (χ1n) is 7.06. The van der Waals surface area contributed by atoms with E-state index in [1.807, 2.05) is 31.2 Å². The number of benzene rings is 1. The summed E-state index contributed by atoms with van der Waals surface area (Å²) in [6.45, 7) is 2.83. The lowest BCUT2D eigenvalue weighted by Gasteiger charge is -2.08. The van der Waals surface area contributed by atoms with E-state index in [4.69, 9.17) is 27.9 Å². The van der Waals surface area contributed by atoms with E-state index in [-0.39, 0.29) is 11.6 Å². The third-order valence-corrected chi connectivity index (χ3v) is 4.37. The number of thioether (sulfide) groups is 1. The Morgan fingerprint density at radius 3 is 2.65 bits per heavy atom. The van der Waals surface area contributed by atoms with Crippen molar-refractivity contribution < 1.29 is 9.53 Å². The predicted octanol–water partition coefficient (Wildman–Crippen LogP) is 4.31. The van der Waals surface area contributed by atoms with Crippen LogP contribution in [0, 0.1) is 0 Å². The molecule has 1 heterocycles. The molecule has 2 aromatic rings. The van der Waals surface area contributed by atoms with E-state index in [0.29, 0.717) is 29.1 Å². The van der Waals surface area contributed by atoms with Crippen molar-refractivity contribution >= 4 is 40.9 Å². The van der Waals surface area contributed by atoms with Crippen LogP contribution in [-0.4, -0.2) is 29.8 Å². The first kappa shape index (κ1) is 17.9. The van der Waals surface area contributed by atoms with Gasteiger partial charge in [0.1, 0.15) is 0 Å². The second-order valence-corrected chi connectivity index (χ2v) is 6.48. The van der Waals surface area contributed by atoms with Crippen LogP contribution in [0.3, 0.4) is 0 Å². The molecule has 1 aromatic heterocycles. The van der Waals surface area contributed by atoms with Crippen molar-refractivity contribution in [3.63, 3.8) is 0 Å². The van der Waals surface area contributed by atoms with Gasteiger partial charge < -0.3 is 10.1 Å². The molecule has 0 radical (unpaired) electrons. The first-order valence-corrected chi connectivity index (χ1v) is 8.80. The molecule has 0 atom stereocenters. The number of halogens is 2. The van der Waals surface area contributed by atoms with Crippen molar-refractivity contribution in [3.8, 4) is 5.88 Å². The summed E-state index contributed by atoms with van der Waals surface area (Å²) in [6.07, 6.45) is 0. The van der Waals surface area contributed by atoms with Gasteiger partial charge in [0.2, 0.25) is 5.88 Å². The number of rotatable bonds is 7. The summed E-state index contributed by atoms with van der Waals surface area (Å²) in [4.78, 5) is 17.4. The zero-order valence-corrected chi connectivity index (χ0v) is 14.8. The zero-order chi connectivity index (χ0) is 16.7. The molecule has 0 aliphatic heterocycles. The van der Waals surface area contributed by atoms with Crippen molar-refractivity contribution in [2.45, 2.75) is 11.8 Å². The Morgan fingerprint density at radius 2 is 1.96 bits per heavy atom. The number of aromatic nitrogens is 1. The van der Waals surface area contributed by atoms with Gasteiger partial charge in [-0.1, -0.05) is 23.2 Å².